The van der Waals surface area contributed by atoms with Crippen molar-refractivity contribution in [2.24, 2.45) is 5.10 Å². The van der Waals surface area contributed by atoms with Crippen molar-refractivity contribution >= 4 is 11.9 Å². The molecule has 0 saturated heterocycles. The van der Waals surface area contributed by atoms with Crippen LogP contribution in [0.5, 0.6) is 5.75 Å². The third kappa shape index (κ3) is 3.77. The van der Waals surface area contributed by atoms with Gasteiger partial charge in [0.25, 0.3) is 0 Å². The number of hydrogen-bond donors (Lipinski definition) is 1. The Bertz CT molecular complexity index is 780. The first-order valence-electron chi connectivity index (χ1n) is 7.44. The molecule has 114 valence electrons. The van der Waals surface area contributed by atoms with Crippen LogP contribution in [0.25, 0.3) is 11.1 Å². The molecule has 0 saturated carbocycles. The van der Waals surface area contributed by atoms with E-state index in [4.69, 9.17) is 4.74 Å². The molecule has 0 amide bonds. The highest BCUT2D eigenvalue weighted by molar-refractivity contribution is 5.90. The SMILES string of the molecule is COc1ccc(-c2ccccc2C=NNc2ccccc2)cc1. The van der Waals surface area contributed by atoms with Gasteiger partial charge in [-0.25, -0.2) is 0 Å². The summed E-state index contributed by atoms with van der Waals surface area (Å²) in [7, 11) is 1.67. The van der Waals surface area contributed by atoms with Gasteiger partial charge in [0.05, 0.1) is 19.0 Å². The minimum absolute atomic E-state index is 0.852. The van der Waals surface area contributed by atoms with Crippen LogP contribution in [0.4, 0.5) is 5.69 Å². The molecular formula is C20H18N2O. The second-order valence-corrected chi connectivity index (χ2v) is 5.05. The number of ether oxygens (including phenoxy) is 1. The number of methoxy groups -OCH3 is 1. The molecule has 0 aliphatic heterocycles. The molecule has 1 N–H and O–H groups in total. The molecule has 0 heterocycles. The molecule has 0 spiro atoms. The number of nitrogens with zero attached hydrogens (tertiary/aromatic N) is 1. The molecule has 0 aliphatic rings. The van der Waals surface area contributed by atoms with Gasteiger partial charge in [-0.15, -0.1) is 0 Å². The fourth-order valence-corrected chi connectivity index (χ4v) is 2.33. The van der Waals surface area contributed by atoms with Crippen LogP contribution in [-0.2, 0) is 0 Å². The maximum absolute atomic E-state index is 5.21. The van der Waals surface area contributed by atoms with E-state index in [9.17, 15) is 0 Å². The van der Waals surface area contributed by atoms with Crippen LogP contribution < -0.4 is 10.2 Å². The van der Waals surface area contributed by atoms with Gasteiger partial charge in [0.15, 0.2) is 0 Å². The molecule has 3 aromatic carbocycles. The van der Waals surface area contributed by atoms with Crippen molar-refractivity contribution in [3.63, 3.8) is 0 Å². The molecule has 3 rings (SSSR count). The highest BCUT2D eigenvalue weighted by Crippen LogP contribution is 2.24. The van der Waals surface area contributed by atoms with Crippen molar-refractivity contribution in [1.29, 1.82) is 0 Å². The molecule has 0 bridgehead atoms. The molecule has 3 aromatic rings. The van der Waals surface area contributed by atoms with Crippen LogP contribution in [-0.4, -0.2) is 13.3 Å². The van der Waals surface area contributed by atoms with E-state index >= 15 is 0 Å². The number of nitrogens with one attached hydrogen (secondary N) is 1. The second kappa shape index (κ2) is 7.27. The van der Waals surface area contributed by atoms with Gasteiger partial charge >= 0.3 is 0 Å². The third-order valence-electron chi connectivity index (χ3n) is 3.53. The molecule has 0 aliphatic carbocycles. The fraction of sp³-hybridized carbons (Fsp3) is 0.0500. The van der Waals surface area contributed by atoms with Gasteiger partial charge in [-0.2, -0.15) is 5.10 Å². The molecule has 0 fully saturated rings. The van der Waals surface area contributed by atoms with Crippen LogP contribution >= 0.6 is 0 Å². The van der Waals surface area contributed by atoms with Crippen molar-refractivity contribution < 1.29 is 4.74 Å². The Morgan fingerprint density at radius 2 is 1.52 bits per heavy atom. The van der Waals surface area contributed by atoms with Gasteiger partial charge in [0.2, 0.25) is 0 Å². The molecule has 3 nitrogen and oxygen atoms in total. The van der Waals surface area contributed by atoms with Crippen molar-refractivity contribution in [2.45, 2.75) is 0 Å². The molecule has 0 unspecified atom stereocenters. The Morgan fingerprint density at radius 3 is 2.26 bits per heavy atom. The zero-order valence-electron chi connectivity index (χ0n) is 12.9. The van der Waals surface area contributed by atoms with Crippen LogP contribution in [0.15, 0.2) is 84.0 Å². The zero-order chi connectivity index (χ0) is 15.9. The summed E-state index contributed by atoms with van der Waals surface area (Å²) in [5, 5.41) is 4.33. The van der Waals surface area contributed by atoms with Gasteiger partial charge in [-0.3, -0.25) is 5.43 Å². The van der Waals surface area contributed by atoms with E-state index in [0.29, 0.717) is 0 Å². The maximum Gasteiger partial charge on any atom is 0.118 e. The van der Waals surface area contributed by atoms with Crippen molar-refractivity contribution in [3.05, 3.63) is 84.4 Å². The van der Waals surface area contributed by atoms with Crippen molar-refractivity contribution in [3.8, 4) is 16.9 Å². The molecule has 23 heavy (non-hydrogen) atoms. The largest absolute Gasteiger partial charge is 0.497 e. The smallest absolute Gasteiger partial charge is 0.118 e. The minimum atomic E-state index is 0.852. The van der Waals surface area contributed by atoms with Gasteiger partial charge in [0.1, 0.15) is 5.75 Å². The molecule has 0 aromatic heterocycles. The standard InChI is InChI=1S/C20H18N2O/c1-23-19-13-11-16(12-14-19)20-10-6-5-7-17(20)15-21-22-18-8-3-2-4-9-18/h2-15,22H,1H3. The number of para-hydroxylation sites is 1. The maximum atomic E-state index is 5.21. The Morgan fingerprint density at radius 1 is 0.826 bits per heavy atom. The van der Waals surface area contributed by atoms with E-state index in [0.717, 1.165) is 28.1 Å². The normalized spacial score (nSPS) is 10.7. The average Bonchev–Trinajstić information content (AvgIpc) is 2.63. The summed E-state index contributed by atoms with van der Waals surface area (Å²) < 4.78 is 5.21. The van der Waals surface area contributed by atoms with Gasteiger partial charge in [-0.05, 0) is 35.4 Å². The topological polar surface area (TPSA) is 33.6 Å². The zero-order valence-corrected chi connectivity index (χ0v) is 12.9. The number of anilines is 1. The monoisotopic (exact) mass is 302 g/mol. The van der Waals surface area contributed by atoms with E-state index in [1.807, 2.05) is 60.8 Å². The Kier molecular flexibility index (Phi) is 4.69. The second-order valence-electron chi connectivity index (χ2n) is 5.05. The summed E-state index contributed by atoms with van der Waals surface area (Å²) in [5.41, 5.74) is 7.32. The molecule has 0 radical (unpaired) electrons. The van der Waals surface area contributed by atoms with Crippen LogP contribution in [0.3, 0.4) is 0 Å². The Hall–Kier alpha value is -3.07. The number of rotatable bonds is 5. The van der Waals surface area contributed by atoms with Gasteiger partial charge in [-0.1, -0.05) is 54.6 Å². The Balaban J connectivity index is 1.82. The fourth-order valence-electron chi connectivity index (χ4n) is 2.33. The average molecular weight is 302 g/mol. The van der Waals surface area contributed by atoms with E-state index < -0.39 is 0 Å². The first-order valence-corrected chi connectivity index (χ1v) is 7.44. The summed E-state index contributed by atoms with van der Waals surface area (Å²) in [6.07, 6.45) is 1.84. The predicted molar refractivity (Wildman–Crippen MR) is 96.1 cm³/mol. The summed E-state index contributed by atoms with van der Waals surface area (Å²) in [6, 6.07) is 26.1. The highest BCUT2D eigenvalue weighted by atomic mass is 16.5. The summed E-state index contributed by atoms with van der Waals surface area (Å²) >= 11 is 0. The third-order valence-corrected chi connectivity index (χ3v) is 3.53. The lowest BCUT2D eigenvalue weighted by molar-refractivity contribution is 0.415. The van der Waals surface area contributed by atoms with Crippen molar-refractivity contribution in [1.82, 2.24) is 0 Å². The first-order chi connectivity index (χ1) is 11.4. The lowest BCUT2D eigenvalue weighted by atomic mass is 10.0. The quantitative estimate of drug-likeness (QED) is 0.542. The summed E-state index contributed by atoms with van der Waals surface area (Å²) in [4.78, 5) is 0. The number of hydrazone groups is 1. The van der Waals surface area contributed by atoms with Gasteiger partial charge < -0.3 is 4.74 Å². The minimum Gasteiger partial charge on any atom is -0.497 e. The van der Waals surface area contributed by atoms with E-state index in [1.54, 1.807) is 7.11 Å². The molecule has 3 heteroatoms. The first kappa shape index (κ1) is 14.9. The number of hydrogen-bond acceptors (Lipinski definition) is 3. The summed E-state index contributed by atoms with van der Waals surface area (Å²) in [6.45, 7) is 0. The van der Waals surface area contributed by atoms with E-state index in [2.05, 4.69) is 34.8 Å². The number of benzene rings is 3. The van der Waals surface area contributed by atoms with E-state index in [-0.39, 0.29) is 0 Å². The van der Waals surface area contributed by atoms with E-state index in [1.165, 1.54) is 0 Å². The summed E-state index contributed by atoms with van der Waals surface area (Å²) in [5.74, 6) is 0.852. The molecule has 0 atom stereocenters. The lowest BCUT2D eigenvalue weighted by Crippen LogP contribution is -1.92. The Labute approximate surface area is 136 Å². The van der Waals surface area contributed by atoms with Crippen LogP contribution in [0, 0.1) is 0 Å². The molecular weight excluding hydrogens is 284 g/mol. The van der Waals surface area contributed by atoms with Gasteiger partial charge in [0, 0.05) is 5.56 Å². The van der Waals surface area contributed by atoms with Crippen LogP contribution in [0.2, 0.25) is 0 Å². The van der Waals surface area contributed by atoms with Crippen LogP contribution in [0.1, 0.15) is 5.56 Å². The lowest BCUT2D eigenvalue weighted by Gasteiger charge is -2.07. The highest BCUT2D eigenvalue weighted by Gasteiger charge is 2.03. The predicted octanol–water partition coefficient (Wildman–Crippen LogP) is 4.81. The van der Waals surface area contributed by atoms with Crippen molar-refractivity contribution in [2.75, 3.05) is 12.5 Å².